The van der Waals surface area contributed by atoms with E-state index in [1.54, 1.807) is 24.3 Å². The standard InChI is InChI=1S/C21H29FN4O2S/c1-4-16(3)26-21(23-5-2)24-14-18-9-7-11-20(13-18)29(27,28)25-15-17-8-6-10-19(22)12-17/h6-13,16,25H,4-5,14-15H2,1-3H3,(H2,23,24,26). The minimum atomic E-state index is -3.72. The Morgan fingerprint density at radius 1 is 1.10 bits per heavy atom. The Morgan fingerprint density at radius 2 is 1.83 bits per heavy atom. The van der Waals surface area contributed by atoms with Crippen LogP contribution < -0.4 is 15.4 Å². The van der Waals surface area contributed by atoms with Gasteiger partial charge in [0.1, 0.15) is 5.82 Å². The number of nitrogens with one attached hydrogen (secondary N) is 3. The summed E-state index contributed by atoms with van der Waals surface area (Å²) >= 11 is 0. The molecule has 0 aliphatic rings. The third-order valence-corrected chi connectivity index (χ3v) is 5.72. The normalized spacial score (nSPS) is 13.2. The molecule has 0 aliphatic carbocycles. The van der Waals surface area contributed by atoms with Gasteiger partial charge in [0.25, 0.3) is 0 Å². The molecule has 0 aromatic heterocycles. The molecular formula is C21H29FN4O2S. The maximum atomic E-state index is 13.3. The molecule has 158 valence electrons. The van der Waals surface area contributed by atoms with Crippen molar-refractivity contribution in [3.8, 4) is 0 Å². The lowest BCUT2D eigenvalue weighted by atomic mass is 10.2. The van der Waals surface area contributed by atoms with Gasteiger partial charge in [0.05, 0.1) is 11.4 Å². The molecule has 0 saturated heterocycles. The highest BCUT2D eigenvalue weighted by atomic mass is 32.2. The summed E-state index contributed by atoms with van der Waals surface area (Å²) in [5, 5.41) is 6.49. The van der Waals surface area contributed by atoms with Gasteiger partial charge in [0.2, 0.25) is 10.0 Å². The average molecular weight is 421 g/mol. The highest BCUT2D eigenvalue weighted by Gasteiger charge is 2.14. The van der Waals surface area contributed by atoms with Gasteiger partial charge in [-0.25, -0.2) is 22.5 Å². The molecule has 0 radical (unpaired) electrons. The first-order valence-electron chi connectivity index (χ1n) is 9.72. The van der Waals surface area contributed by atoms with Crippen molar-refractivity contribution in [1.82, 2.24) is 15.4 Å². The number of hydrogen-bond donors (Lipinski definition) is 3. The second-order valence-electron chi connectivity index (χ2n) is 6.75. The third-order valence-electron chi connectivity index (χ3n) is 4.32. The number of sulfonamides is 1. The first kappa shape index (κ1) is 22.8. The van der Waals surface area contributed by atoms with Crippen LogP contribution in [0.4, 0.5) is 4.39 Å². The molecule has 3 N–H and O–H groups in total. The van der Waals surface area contributed by atoms with Crippen molar-refractivity contribution in [2.45, 2.75) is 51.2 Å². The molecule has 29 heavy (non-hydrogen) atoms. The average Bonchev–Trinajstić information content (AvgIpc) is 2.71. The van der Waals surface area contributed by atoms with Gasteiger partial charge in [0.15, 0.2) is 5.96 Å². The number of halogens is 1. The highest BCUT2D eigenvalue weighted by molar-refractivity contribution is 7.89. The van der Waals surface area contributed by atoms with Crippen LogP contribution in [0.1, 0.15) is 38.3 Å². The molecule has 2 aromatic carbocycles. The van der Waals surface area contributed by atoms with Crippen molar-refractivity contribution < 1.29 is 12.8 Å². The van der Waals surface area contributed by atoms with Crippen molar-refractivity contribution in [2.24, 2.45) is 4.99 Å². The second kappa shape index (κ2) is 10.9. The van der Waals surface area contributed by atoms with Gasteiger partial charge < -0.3 is 10.6 Å². The number of hydrogen-bond acceptors (Lipinski definition) is 3. The molecule has 8 heteroatoms. The fourth-order valence-corrected chi connectivity index (χ4v) is 3.63. The van der Waals surface area contributed by atoms with Crippen molar-refractivity contribution in [3.63, 3.8) is 0 Å². The van der Waals surface area contributed by atoms with Gasteiger partial charge in [0, 0.05) is 19.1 Å². The topological polar surface area (TPSA) is 82.6 Å². The monoisotopic (exact) mass is 420 g/mol. The molecule has 1 atom stereocenters. The van der Waals surface area contributed by atoms with Crippen LogP contribution in [0.3, 0.4) is 0 Å². The molecule has 6 nitrogen and oxygen atoms in total. The quantitative estimate of drug-likeness (QED) is 0.430. The van der Waals surface area contributed by atoms with E-state index in [1.807, 2.05) is 13.0 Å². The Kier molecular flexibility index (Phi) is 8.60. The second-order valence-corrected chi connectivity index (χ2v) is 8.52. The van der Waals surface area contributed by atoms with E-state index in [0.29, 0.717) is 18.1 Å². The van der Waals surface area contributed by atoms with E-state index in [1.165, 1.54) is 18.2 Å². The van der Waals surface area contributed by atoms with Crippen molar-refractivity contribution in [2.75, 3.05) is 6.54 Å². The van der Waals surface area contributed by atoms with E-state index in [2.05, 4.69) is 34.2 Å². The maximum absolute atomic E-state index is 13.3. The molecule has 0 fully saturated rings. The molecule has 2 aromatic rings. The van der Waals surface area contributed by atoms with Crippen LogP contribution in [-0.4, -0.2) is 27.0 Å². The van der Waals surface area contributed by atoms with Crippen LogP contribution in [0.15, 0.2) is 58.4 Å². The molecule has 0 aliphatic heterocycles. The molecule has 0 amide bonds. The number of nitrogens with zero attached hydrogens (tertiary/aromatic N) is 1. The Hall–Kier alpha value is -2.45. The summed E-state index contributed by atoms with van der Waals surface area (Å²) in [5.74, 6) is 0.295. The first-order valence-corrected chi connectivity index (χ1v) is 11.2. The number of guanidine groups is 1. The number of benzene rings is 2. The highest BCUT2D eigenvalue weighted by Crippen LogP contribution is 2.13. The summed E-state index contributed by atoms with van der Waals surface area (Å²) < 4.78 is 41.0. The van der Waals surface area contributed by atoms with E-state index in [4.69, 9.17) is 0 Å². The number of rotatable bonds is 9. The molecule has 1 unspecified atom stereocenters. The van der Waals surface area contributed by atoms with Crippen molar-refractivity contribution >= 4 is 16.0 Å². The zero-order chi connectivity index (χ0) is 21.3. The van der Waals surface area contributed by atoms with Crippen LogP contribution in [0.5, 0.6) is 0 Å². The predicted octanol–water partition coefficient (Wildman–Crippen LogP) is 3.16. The lowest BCUT2D eigenvalue weighted by Crippen LogP contribution is -2.41. The first-order chi connectivity index (χ1) is 13.8. The van der Waals surface area contributed by atoms with Crippen LogP contribution in [0.25, 0.3) is 0 Å². The van der Waals surface area contributed by atoms with Crippen LogP contribution in [0.2, 0.25) is 0 Å². The number of aliphatic imine (C=N–C) groups is 1. The molecule has 0 spiro atoms. The summed E-state index contributed by atoms with van der Waals surface area (Å²) in [6.07, 6.45) is 0.967. The Balaban J connectivity index is 2.09. The van der Waals surface area contributed by atoms with Gasteiger partial charge >= 0.3 is 0 Å². The fourth-order valence-electron chi connectivity index (χ4n) is 2.55. The third kappa shape index (κ3) is 7.47. The molecule has 2 rings (SSSR count). The van der Waals surface area contributed by atoms with Crippen molar-refractivity contribution in [3.05, 3.63) is 65.5 Å². The van der Waals surface area contributed by atoms with E-state index in [-0.39, 0.29) is 17.5 Å². The maximum Gasteiger partial charge on any atom is 0.240 e. The van der Waals surface area contributed by atoms with Gasteiger partial charge in [-0.15, -0.1) is 0 Å². The zero-order valence-corrected chi connectivity index (χ0v) is 17.9. The molecular weight excluding hydrogens is 391 g/mol. The summed E-state index contributed by atoms with van der Waals surface area (Å²) in [5.41, 5.74) is 1.33. The predicted molar refractivity (Wildman–Crippen MR) is 115 cm³/mol. The Labute approximate surface area is 172 Å². The Bertz CT molecular complexity index is 932. The van der Waals surface area contributed by atoms with Crippen LogP contribution in [-0.2, 0) is 23.1 Å². The van der Waals surface area contributed by atoms with Gasteiger partial charge in [-0.2, -0.15) is 0 Å². The van der Waals surface area contributed by atoms with E-state index in [9.17, 15) is 12.8 Å². The van der Waals surface area contributed by atoms with E-state index in [0.717, 1.165) is 18.5 Å². The lowest BCUT2D eigenvalue weighted by Gasteiger charge is -2.16. The van der Waals surface area contributed by atoms with E-state index >= 15 is 0 Å². The lowest BCUT2D eigenvalue weighted by molar-refractivity contribution is 0.580. The fraction of sp³-hybridized carbons (Fsp3) is 0.381. The smallest absolute Gasteiger partial charge is 0.240 e. The Morgan fingerprint density at radius 3 is 2.52 bits per heavy atom. The van der Waals surface area contributed by atoms with Gasteiger partial charge in [-0.05, 0) is 55.7 Å². The molecule has 0 saturated carbocycles. The molecule has 0 heterocycles. The van der Waals surface area contributed by atoms with Crippen LogP contribution >= 0.6 is 0 Å². The minimum absolute atomic E-state index is 0.0197. The summed E-state index contributed by atoms with van der Waals surface area (Å²) in [6, 6.07) is 12.8. The largest absolute Gasteiger partial charge is 0.357 e. The van der Waals surface area contributed by atoms with E-state index < -0.39 is 15.8 Å². The summed E-state index contributed by atoms with van der Waals surface area (Å²) in [4.78, 5) is 4.69. The van der Waals surface area contributed by atoms with Gasteiger partial charge in [-0.3, -0.25) is 0 Å². The van der Waals surface area contributed by atoms with Crippen molar-refractivity contribution in [1.29, 1.82) is 0 Å². The van der Waals surface area contributed by atoms with Crippen LogP contribution in [0, 0.1) is 5.82 Å². The summed E-state index contributed by atoms with van der Waals surface area (Å²) in [6.45, 7) is 7.26. The zero-order valence-electron chi connectivity index (χ0n) is 17.1. The minimum Gasteiger partial charge on any atom is -0.357 e. The summed E-state index contributed by atoms with van der Waals surface area (Å²) in [7, 11) is -3.72. The SMILES string of the molecule is CCNC(=NCc1cccc(S(=O)(=O)NCc2cccc(F)c2)c1)NC(C)CC. The van der Waals surface area contributed by atoms with Gasteiger partial charge in [-0.1, -0.05) is 31.2 Å². The molecule has 0 bridgehead atoms.